The van der Waals surface area contributed by atoms with Crippen LogP contribution in [-0.2, 0) is 5.75 Å². The van der Waals surface area contributed by atoms with Gasteiger partial charge in [-0.1, -0.05) is 54.6 Å². The Labute approximate surface area is 207 Å². The van der Waals surface area contributed by atoms with Gasteiger partial charge in [0.15, 0.2) is 11.0 Å². The van der Waals surface area contributed by atoms with E-state index in [1.54, 1.807) is 23.1 Å². The highest BCUT2D eigenvalue weighted by Gasteiger charge is 2.18. The van der Waals surface area contributed by atoms with Crippen molar-refractivity contribution in [3.8, 4) is 17.1 Å². The molecule has 1 heterocycles. The molecule has 1 aromatic heterocycles. The van der Waals surface area contributed by atoms with Crippen LogP contribution in [0.2, 0.25) is 5.02 Å². The Morgan fingerprint density at radius 3 is 2.41 bits per heavy atom. The lowest BCUT2D eigenvalue weighted by Crippen LogP contribution is -2.27. The van der Waals surface area contributed by atoms with E-state index in [-0.39, 0.29) is 11.7 Å². The van der Waals surface area contributed by atoms with Gasteiger partial charge in [-0.2, -0.15) is 0 Å². The van der Waals surface area contributed by atoms with Crippen molar-refractivity contribution < 1.29 is 9.18 Å². The van der Waals surface area contributed by atoms with Gasteiger partial charge in [-0.05, 0) is 60.5 Å². The van der Waals surface area contributed by atoms with Crippen LogP contribution in [0, 0.1) is 5.82 Å². The molecule has 0 aliphatic carbocycles. The van der Waals surface area contributed by atoms with E-state index in [1.165, 1.54) is 23.9 Å². The van der Waals surface area contributed by atoms with E-state index in [1.807, 2.05) is 61.0 Å². The fourth-order valence-corrected chi connectivity index (χ4v) is 4.68. The summed E-state index contributed by atoms with van der Waals surface area (Å²) in [4.78, 5) is 14.2. The number of carbonyl (C=O) groups is 1. The predicted molar refractivity (Wildman–Crippen MR) is 135 cm³/mol. The molecule has 34 heavy (non-hydrogen) atoms. The van der Waals surface area contributed by atoms with Crippen molar-refractivity contribution in [2.75, 3.05) is 13.6 Å². The Balaban J connectivity index is 1.59. The van der Waals surface area contributed by atoms with Gasteiger partial charge in [0.25, 0.3) is 5.91 Å². The first-order valence-electron chi connectivity index (χ1n) is 10.9. The van der Waals surface area contributed by atoms with Crippen molar-refractivity contribution in [2.45, 2.75) is 24.3 Å². The highest BCUT2D eigenvalue weighted by Crippen LogP contribution is 2.33. The van der Waals surface area contributed by atoms with Gasteiger partial charge in [-0.3, -0.25) is 9.36 Å². The van der Waals surface area contributed by atoms with E-state index in [9.17, 15) is 9.18 Å². The van der Waals surface area contributed by atoms with Crippen LogP contribution in [-0.4, -0.2) is 39.2 Å². The van der Waals surface area contributed by atoms with E-state index in [2.05, 4.69) is 10.2 Å². The number of aromatic nitrogens is 3. The lowest BCUT2D eigenvalue weighted by molar-refractivity contribution is 0.0795. The number of nitrogens with zero attached hydrogens (tertiary/aromatic N) is 4. The number of halogens is 2. The standard InChI is InChI=1S/C26H24ClFN4OS/c1-3-16-31(2)25(33)19-10-8-18(9-11-19)17-34-26-30-29-24(22-6-4-5-7-23(22)27)32(26)21-14-12-20(28)13-15-21/h4-15H,3,16-17H2,1-2H3. The molecule has 0 fully saturated rings. The Kier molecular flexibility index (Phi) is 7.65. The van der Waals surface area contributed by atoms with Crippen molar-refractivity contribution in [3.05, 3.63) is 94.8 Å². The van der Waals surface area contributed by atoms with Gasteiger partial charge in [-0.25, -0.2) is 4.39 Å². The van der Waals surface area contributed by atoms with Crippen molar-refractivity contribution in [1.29, 1.82) is 0 Å². The molecule has 0 N–H and O–H groups in total. The second kappa shape index (κ2) is 10.8. The molecular formula is C26H24ClFN4OS. The second-order valence-electron chi connectivity index (χ2n) is 7.81. The van der Waals surface area contributed by atoms with Gasteiger partial charge >= 0.3 is 0 Å². The van der Waals surface area contributed by atoms with Gasteiger partial charge in [0.05, 0.1) is 5.02 Å². The molecular weight excluding hydrogens is 471 g/mol. The molecule has 0 atom stereocenters. The number of hydrogen-bond acceptors (Lipinski definition) is 4. The third-order valence-corrected chi connectivity index (χ3v) is 6.64. The van der Waals surface area contributed by atoms with Crippen molar-refractivity contribution >= 4 is 29.3 Å². The summed E-state index contributed by atoms with van der Waals surface area (Å²) in [5, 5.41) is 10.0. The van der Waals surface area contributed by atoms with Gasteiger partial charge in [0, 0.05) is 36.2 Å². The Morgan fingerprint density at radius 2 is 1.74 bits per heavy atom. The van der Waals surface area contributed by atoms with E-state index in [0.717, 1.165) is 29.8 Å². The van der Waals surface area contributed by atoms with Crippen LogP contribution in [0.3, 0.4) is 0 Å². The molecule has 0 bridgehead atoms. The first-order valence-corrected chi connectivity index (χ1v) is 12.3. The van der Waals surface area contributed by atoms with Crippen molar-refractivity contribution in [3.63, 3.8) is 0 Å². The van der Waals surface area contributed by atoms with Gasteiger partial charge < -0.3 is 4.90 Å². The first kappa shape index (κ1) is 24.0. The summed E-state index contributed by atoms with van der Waals surface area (Å²) in [6, 6.07) is 21.2. The summed E-state index contributed by atoms with van der Waals surface area (Å²) in [6.45, 7) is 2.77. The van der Waals surface area contributed by atoms with E-state index in [0.29, 0.717) is 27.3 Å². The number of thioether (sulfide) groups is 1. The fourth-order valence-electron chi connectivity index (χ4n) is 3.55. The number of rotatable bonds is 8. The van der Waals surface area contributed by atoms with Crippen LogP contribution in [0.25, 0.3) is 17.1 Å². The number of carbonyl (C=O) groups excluding carboxylic acids is 1. The fraction of sp³-hybridized carbons (Fsp3) is 0.192. The molecule has 0 saturated carbocycles. The van der Waals surface area contributed by atoms with E-state index >= 15 is 0 Å². The smallest absolute Gasteiger partial charge is 0.253 e. The minimum Gasteiger partial charge on any atom is -0.342 e. The Bertz CT molecular complexity index is 1270. The molecule has 4 aromatic rings. The van der Waals surface area contributed by atoms with Gasteiger partial charge in [0.2, 0.25) is 0 Å². The largest absolute Gasteiger partial charge is 0.342 e. The molecule has 0 radical (unpaired) electrons. The highest BCUT2D eigenvalue weighted by molar-refractivity contribution is 7.98. The maximum Gasteiger partial charge on any atom is 0.253 e. The third kappa shape index (κ3) is 5.32. The molecule has 5 nitrogen and oxygen atoms in total. The lowest BCUT2D eigenvalue weighted by Gasteiger charge is -2.16. The summed E-state index contributed by atoms with van der Waals surface area (Å²) >= 11 is 7.94. The van der Waals surface area contributed by atoms with Crippen LogP contribution in [0.15, 0.2) is 78.0 Å². The Morgan fingerprint density at radius 1 is 1.03 bits per heavy atom. The van der Waals surface area contributed by atoms with Crippen LogP contribution in [0.1, 0.15) is 29.3 Å². The molecule has 1 amide bonds. The van der Waals surface area contributed by atoms with Crippen LogP contribution in [0.4, 0.5) is 4.39 Å². The molecule has 0 spiro atoms. The lowest BCUT2D eigenvalue weighted by atomic mass is 10.1. The normalized spacial score (nSPS) is 10.9. The monoisotopic (exact) mass is 494 g/mol. The van der Waals surface area contributed by atoms with Crippen LogP contribution in [0.5, 0.6) is 0 Å². The Hall–Kier alpha value is -3.16. The zero-order valence-corrected chi connectivity index (χ0v) is 20.5. The zero-order chi connectivity index (χ0) is 24.1. The molecule has 4 rings (SSSR count). The average molecular weight is 495 g/mol. The molecule has 174 valence electrons. The predicted octanol–water partition coefficient (Wildman–Crippen LogP) is 6.50. The maximum atomic E-state index is 13.6. The highest BCUT2D eigenvalue weighted by atomic mass is 35.5. The second-order valence-corrected chi connectivity index (χ2v) is 9.16. The maximum absolute atomic E-state index is 13.6. The summed E-state index contributed by atoms with van der Waals surface area (Å²) in [5.41, 5.74) is 3.20. The van der Waals surface area contributed by atoms with Crippen molar-refractivity contribution in [2.24, 2.45) is 0 Å². The number of benzene rings is 3. The molecule has 0 aliphatic rings. The third-order valence-electron chi connectivity index (χ3n) is 5.31. The molecule has 0 unspecified atom stereocenters. The molecule has 0 saturated heterocycles. The molecule has 0 aliphatic heterocycles. The summed E-state index contributed by atoms with van der Waals surface area (Å²) < 4.78 is 15.5. The quantitative estimate of drug-likeness (QED) is 0.262. The van der Waals surface area contributed by atoms with Crippen LogP contribution >= 0.6 is 23.4 Å². The van der Waals surface area contributed by atoms with Gasteiger partial charge in [0.1, 0.15) is 5.82 Å². The minimum atomic E-state index is -0.315. The van der Waals surface area contributed by atoms with Gasteiger partial charge in [-0.15, -0.1) is 10.2 Å². The number of hydrogen-bond donors (Lipinski definition) is 0. The summed E-state index contributed by atoms with van der Waals surface area (Å²) in [7, 11) is 1.81. The number of amides is 1. The summed E-state index contributed by atoms with van der Waals surface area (Å²) in [6.07, 6.45) is 0.919. The van der Waals surface area contributed by atoms with E-state index in [4.69, 9.17) is 11.6 Å². The van der Waals surface area contributed by atoms with E-state index < -0.39 is 0 Å². The summed E-state index contributed by atoms with van der Waals surface area (Å²) in [5.74, 6) is 0.909. The van der Waals surface area contributed by atoms with Crippen LogP contribution < -0.4 is 0 Å². The first-order chi connectivity index (χ1) is 16.5. The molecule has 3 aromatic carbocycles. The van der Waals surface area contributed by atoms with Crippen molar-refractivity contribution in [1.82, 2.24) is 19.7 Å². The molecule has 8 heteroatoms. The minimum absolute atomic E-state index is 0.0153. The SMILES string of the molecule is CCCN(C)C(=O)c1ccc(CSc2nnc(-c3ccccc3Cl)n2-c2ccc(F)cc2)cc1. The average Bonchev–Trinajstić information content (AvgIpc) is 3.27. The zero-order valence-electron chi connectivity index (χ0n) is 18.9. The topological polar surface area (TPSA) is 51.0 Å².